The van der Waals surface area contributed by atoms with Gasteiger partial charge in [0.15, 0.2) is 0 Å². The van der Waals surface area contributed by atoms with E-state index in [0.29, 0.717) is 5.56 Å². The zero-order valence-corrected chi connectivity index (χ0v) is 5.79. The number of fused-ring (bicyclic) bond motifs is 1. The van der Waals surface area contributed by atoms with Crippen molar-refractivity contribution in [2.45, 2.75) is 6.10 Å². The lowest BCUT2D eigenvalue weighted by atomic mass is 10.1. The van der Waals surface area contributed by atoms with Gasteiger partial charge in [-0.2, -0.15) is 0 Å². The summed E-state index contributed by atoms with van der Waals surface area (Å²) in [6.07, 6.45) is 2.81. The summed E-state index contributed by atoms with van der Waals surface area (Å²) in [5.74, 6) is -0.300. The first-order chi connectivity index (χ1) is 5.27. The van der Waals surface area contributed by atoms with E-state index in [2.05, 4.69) is 0 Å². The molecule has 0 bridgehead atoms. The fourth-order valence-electron chi connectivity index (χ4n) is 1.25. The number of halogens is 1. The van der Waals surface area contributed by atoms with Gasteiger partial charge in [0.05, 0.1) is 6.10 Å². The predicted octanol–water partition coefficient (Wildman–Crippen LogP) is 1.89. The Hall–Kier alpha value is -1.15. The van der Waals surface area contributed by atoms with Crippen molar-refractivity contribution in [3.8, 4) is 0 Å². The second kappa shape index (κ2) is 2.17. The van der Waals surface area contributed by atoms with Crippen LogP contribution in [0.3, 0.4) is 0 Å². The van der Waals surface area contributed by atoms with E-state index >= 15 is 0 Å². The van der Waals surface area contributed by atoms with E-state index < -0.39 is 6.10 Å². The lowest BCUT2D eigenvalue weighted by Gasteiger charge is -2.02. The third-order valence-electron chi connectivity index (χ3n) is 1.83. The second-order valence-electron chi connectivity index (χ2n) is 2.58. The Morgan fingerprint density at radius 3 is 3.00 bits per heavy atom. The molecular formula is C9H7FO. The lowest BCUT2D eigenvalue weighted by molar-refractivity contribution is 0.231. The molecular weight excluding hydrogens is 143 g/mol. The van der Waals surface area contributed by atoms with Gasteiger partial charge in [0.25, 0.3) is 0 Å². The minimum absolute atomic E-state index is 0.300. The quantitative estimate of drug-likeness (QED) is 0.598. The Bertz CT molecular complexity index is 317. The van der Waals surface area contributed by atoms with Crippen LogP contribution in [0.25, 0.3) is 6.08 Å². The van der Waals surface area contributed by atoms with Crippen molar-refractivity contribution in [1.82, 2.24) is 0 Å². The van der Waals surface area contributed by atoms with Crippen LogP contribution in [-0.4, -0.2) is 5.11 Å². The van der Waals surface area contributed by atoms with Crippen LogP contribution in [0, 0.1) is 5.82 Å². The van der Waals surface area contributed by atoms with Gasteiger partial charge in [0, 0.05) is 0 Å². The highest BCUT2D eigenvalue weighted by molar-refractivity contribution is 5.61. The van der Waals surface area contributed by atoms with Crippen LogP contribution in [0.5, 0.6) is 0 Å². The third-order valence-corrected chi connectivity index (χ3v) is 1.83. The predicted molar refractivity (Wildman–Crippen MR) is 40.4 cm³/mol. The highest BCUT2D eigenvalue weighted by Crippen LogP contribution is 2.27. The topological polar surface area (TPSA) is 20.2 Å². The van der Waals surface area contributed by atoms with Gasteiger partial charge < -0.3 is 5.11 Å². The smallest absolute Gasteiger partial charge is 0.123 e. The number of aliphatic hydroxyl groups excluding tert-OH is 1. The molecule has 0 amide bonds. The van der Waals surface area contributed by atoms with Gasteiger partial charge in [0.2, 0.25) is 0 Å². The van der Waals surface area contributed by atoms with Crippen molar-refractivity contribution < 1.29 is 9.50 Å². The summed E-state index contributed by atoms with van der Waals surface area (Å²) in [4.78, 5) is 0. The molecule has 0 spiro atoms. The standard InChI is InChI=1S/C9H7FO/c10-7-3-1-6-2-4-9(11)8(6)5-7/h1-5,9,11H. The van der Waals surface area contributed by atoms with Crippen LogP contribution in [0.4, 0.5) is 4.39 Å². The minimum Gasteiger partial charge on any atom is -0.384 e. The van der Waals surface area contributed by atoms with Gasteiger partial charge in [-0.25, -0.2) is 4.39 Å². The van der Waals surface area contributed by atoms with E-state index in [4.69, 9.17) is 0 Å². The summed E-state index contributed by atoms with van der Waals surface area (Å²) in [5.41, 5.74) is 1.56. The maximum absolute atomic E-state index is 12.6. The van der Waals surface area contributed by atoms with Crippen LogP contribution >= 0.6 is 0 Å². The Kier molecular flexibility index (Phi) is 1.29. The van der Waals surface area contributed by atoms with Crippen LogP contribution in [0.1, 0.15) is 17.2 Å². The summed E-state index contributed by atoms with van der Waals surface area (Å²) in [6, 6.07) is 4.42. The maximum Gasteiger partial charge on any atom is 0.123 e. The lowest BCUT2D eigenvalue weighted by Crippen LogP contribution is -1.90. The van der Waals surface area contributed by atoms with E-state index in [1.165, 1.54) is 12.1 Å². The number of hydrogen-bond acceptors (Lipinski definition) is 1. The second-order valence-corrected chi connectivity index (χ2v) is 2.58. The molecule has 0 aromatic heterocycles. The third kappa shape index (κ3) is 0.955. The monoisotopic (exact) mass is 150 g/mol. The fourth-order valence-corrected chi connectivity index (χ4v) is 1.25. The van der Waals surface area contributed by atoms with Crippen LogP contribution < -0.4 is 0 Å². The van der Waals surface area contributed by atoms with Crippen molar-refractivity contribution in [2.75, 3.05) is 0 Å². The first-order valence-electron chi connectivity index (χ1n) is 3.43. The van der Waals surface area contributed by atoms with Crippen molar-refractivity contribution >= 4 is 6.08 Å². The van der Waals surface area contributed by atoms with Crippen molar-refractivity contribution in [2.24, 2.45) is 0 Å². The molecule has 1 aliphatic carbocycles. The van der Waals surface area contributed by atoms with Crippen LogP contribution in [0.15, 0.2) is 24.3 Å². The zero-order chi connectivity index (χ0) is 7.84. The van der Waals surface area contributed by atoms with E-state index in [-0.39, 0.29) is 5.82 Å². The Morgan fingerprint density at radius 2 is 2.18 bits per heavy atom. The zero-order valence-electron chi connectivity index (χ0n) is 5.79. The average Bonchev–Trinajstić information content (AvgIpc) is 2.33. The van der Waals surface area contributed by atoms with E-state index in [9.17, 15) is 9.50 Å². The molecule has 56 valence electrons. The van der Waals surface area contributed by atoms with Gasteiger partial charge in [-0.15, -0.1) is 0 Å². The molecule has 1 atom stereocenters. The molecule has 1 aromatic rings. The van der Waals surface area contributed by atoms with Gasteiger partial charge in [-0.05, 0) is 23.3 Å². The summed E-state index contributed by atoms with van der Waals surface area (Å²) < 4.78 is 12.6. The molecule has 1 nitrogen and oxygen atoms in total. The largest absolute Gasteiger partial charge is 0.384 e. The molecule has 2 rings (SSSR count). The van der Waals surface area contributed by atoms with Gasteiger partial charge in [0.1, 0.15) is 5.82 Å². The molecule has 1 unspecified atom stereocenters. The first kappa shape index (κ1) is 6.55. The summed E-state index contributed by atoms with van der Waals surface area (Å²) in [7, 11) is 0. The molecule has 0 saturated carbocycles. The number of aliphatic hydroxyl groups is 1. The molecule has 0 radical (unpaired) electrons. The molecule has 0 saturated heterocycles. The van der Waals surface area contributed by atoms with Crippen molar-refractivity contribution in [1.29, 1.82) is 0 Å². The average molecular weight is 150 g/mol. The summed E-state index contributed by atoms with van der Waals surface area (Å²) in [6.45, 7) is 0. The maximum atomic E-state index is 12.6. The van der Waals surface area contributed by atoms with Crippen LogP contribution in [0.2, 0.25) is 0 Å². The van der Waals surface area contributed by atoms with Crippen molar-refractivity contribution in [3.63, 3.8) is 0 Å². The summed E-state index contributed by atoms with van der Waals surface area (Å²) >= 11 is 0. The summed E-state index contributed by atoms with van der Waals surface area (Å²) in [5, 5.41) is 9.25. The molecule has 11 heavy (non-hydrogen) atoms. The van der Waals surface area contributed by atoms with Gasteiger partial charge >= 0.3 is 0 Å². The number of hydrogen-bond donors (Lipinski definition) is 1. The number of rotatable bonds is 0. The number of benzene rings is 1. The van der Waals surface area contributed by atoms with Crippen molar-refractivity contribution in [3.05, 3.63) is 41.2 Å². The van der Waals surface area contributed by atoms with E-state index in [1.54, 1.807) is 18.2 Å². The highest BCUT2D eigenvalue weighted by atomic mass is 19.1. The Morgan fingerprint density at radius 1 is 1.36 bits per heavy atom. The molecule has 0 aliphatic heterocycles. The molecule has 1 aromatic carbocycles. The fraction of sp³-hybridized carbons (Fsp3) is 0.111. The minimum atomic E-state index is -0.624. The first-order valence-corrected chi connectivity index (χ1v) is 3.43. The molecule has 0 fully saturated rings. The SMILES string of the molecule is OC1C=Cc2ccc(F)cc21. The van der Waals surface area contributed by atoms with E-state index in [1.807, 2.05) is 0 Å². The molecule has 2 heteroatoms. The molecule has 1 N–H and O–H groups in total. The van der Waals surface area contributed by atoms with Gasteiger partial charge in [-0.1, -0.05) is 18.2 Å². The molecule has 1 aliphatic rings. The Labute approximate surface area is 63.8 Å². The Balaban J connectivity index is 2.58. The highest BCUT2D eigenvalue weighted by Gasteiger charge is 2.14. The normalized spacial score (nSPS) is 20.4. The van der Waals surface area contributed by atoms with Crippen LogP contribution in [-0.2, 0) is 0 Å². The van der Waals surface area contributed by atoms with E-state index in [0.717, 1.165) is 5.56 Å². The van der Waals surface area contributed by atoms with Gasteiger partial charge in [-0.3, -0.25) is 0 Å². The molecule has 0 heterocycles.